The van der Waals surface area contributed by atoms with Gasteiger partial charge < -0.3 is 5.32 Å². The lowest BCUT2D eigenvalue weighted by molar-refractivity contribution is -0.122. The van der Waals surface area contributed by atoms with Crippen molar-refractivity contribution in [3.63, 3.8) is 0 Å². The molecule has 0 bridgehead atoms. The molecule has 3 aromatic rings. The van der Waals surface area contributed by atoms with Crippen LogP contribution >= 0.6 is 0 Å². The number of carbonyl (C=O) groups is 2. The fourth-order valence-electron chi connectivity index (χ4n) is 2.95. The zero-order chi connectivity index (χ0) is 17.4. The molecule has 1 saturated heterocycles. The van der Waals surface area contributed by atoms with Gasteiger partial charge in [-0.05, 0) is 36.4 Å². The average Bonchev–Trinajstić information content (AvgIpc) is 3.19. The molecule has 0 aliphatic carbocycles. The van der Waals surface area contributed by atoms with E-state index in [1.54, 1.807) is 23.0 Å². The molecule has 1 fully saturated rings. The van der Waals surface area contributed by atoms with Crippen molar-refractivity contribution < 1.29 is 14.0 Å². The Morgan fingerprint density at radius 2 is 1.76 bits per heavy atom. The first-order valence-electron chi connectivity index (χ1n) is 7.85. The van der Waals surface area contributed by atoms with E-state index in [0.29, 0.717) is 16.8 Å². The van der Waals surface area contributed by atoms with Gasteiger partial charge in [0.05, 0.1) is 17.8 Å². The van der Waals surface area contributed by atoms with Crippen LogP contribution in [0.5, 0.6) is 0 Å². The second kappa shape index (κ2) is 5.98. The molecule has 2 heterocycles. The van der Waals surface area contributed by atoms with Crippen LogP contribution in [0.4, 0.5) is 4.39 Å². The maximum Gasteiger partial charge on any atom is 0.228 e. The predicted octanol–water partition coefficient (Wildman–Crippen LogP) is 2.81. The van der Waals surface area contributed by atoms with Gasteiger partial charge in [-0.2, -0.15) is 5.10 Å². The predicted molar refractivity (Wildman–Crippen MR) is 89.5 cm³/mol. The maximum atomic E-state index is 13.3. The molecule has 6 heteroatoms. The van der Waals surface area contributed by atoms with Crippen LogP contribution in [-0.4, -0.2) is 21.5 Å². The topological polar surface area (TPSA) is 64.0 Å². The molecule has 124 valence electrons. The Balaban J connectivity index is 1.86. The highest BCUT2D eigenvalue weighted by Gasteiger charge is 2.34. The number of ketones is 1. The number of hydrogen-bond acceptors (Lipinski definition) is 3. The average molecular weight is 335 g/mol. The van der Waals surface area contributed by atoms with Crippen molar-refractivity contribution in [3.05, 3.63) is 72.2 Å². The van der Waals surface area contributed by atoms with Crippen molar-refractivity contribution >= 4 is 11.7 Å². The van der Waals surface area contributed by atoms with Crippen molar-refractivity contribution in [3.8, 4) is 16.9 Å². The zero-order valence-electron chi connectivity index (χ0n) is 13.1. The van der Waals surface area contributed by atoms with Crippen LogP contribution in [0.2, 0.25) is 0 Å². The normalized spacial score (nSPS) is 16.9. The number of Topliss-reactive ketones (excluding diaryl/α,β-unsaturated/α-hetero) is 1. The number of aromatic nitrogens is 2. The third kappa shape index (κ3) is 2.82. The molecule has 1 aliphatic heterocycles. The number of halogens is 1. The highest BCUT2D eigenvalue weighted by Crippen LogP contribution is 2.31. The third-order valence-electron chi connectivity index (χ3n) is 4.15. The SMILES string of the molecule is O=C1CC(=O)C(c2cn(-c3ccccc3)nc2-c2ccc(F)cc2)N1. The molecule has 0 spiro atoms. The molecule has 0 saturated carbocycles. The minimum atomic E-state index is -0.731. The summed E-state index contributed by atoms with van der Waals surface area (Å²) < 4.78 is 14.9. The van der Waals surface area contributed by atoms with Gasteiger partial charge >= 0.3 is 0 Å². The molecular weight excluding hydrogens is 321 g/mol. The Bertz CT molecular complexity index is 949. The Hall–Kier alpha value is -3.28. The highest BCUT2D eigenvalue weighted by atomic mass is 19.1. The van der Waals surface area contributed by atoms with Gasteiger partial charge in [0.1, 0.15) is 11.9 Å². The molecule has 25 heavy (non-hydrogen) atoms. The van der Waals surface area contributed by atoms with Gasteiger partial charge in [-0.15, -0.1) is 0 Å². The smallest absolute Gasteiger partial charge is 0.228 e. The van der Waals surface area contributed by atoms with E-state index in [-0.39, 0.29) is 23.9 Å². The number of rotatable bonds is 3. The number of nitrogens with one attached hydrogen (secondary N) is 1. The fraction of sp³-hybridized carbons (Fsp3) is 0.105. The van der Waals surface area contributed by atoms with Crippen LogP contribution in [0.25, 0.3) is 16.9 Å². The lowest BCUT2D eigenvalue weighted by Gasteiger charge is -2.08. The van der Waals surface area contributed by atoms with E-state index in [4.69, 9.17) is 0 Å². The van der Waals surface area contributed by atoms with Crippen LogP contribution in [0.15, 0.2) is 60.8 Å². The molecule has 1 unspecified atom stereocenters. The summed E-state index contributed by atoms with van der Waals surface area (Å²) in [5.74, 6) is -0.841. The first-order chi connectivity index (χ1) is 12.1. The lowest BCUT2D eigenvalue weighted by atomic mass is 10.0. The summed E-state index contributed by atoms with van der Waals surface area (Å²) >= 11 is 0. The summed E-state index contributed by atoms with van der Waals surface area (Å²) in [6.45, 7) is 0. The second-order valence-corrected chi connectivity index (χ2v) is 5.86. The van der Waals surface area contributed by atoms with E-state index in [1.165, 1.54) is 12.1 Å². The van der Waals surface area contributed by atoms with Gasteiger partial charge in [-0.3, -0.25) is 9.59 Å². The highest BCUT2D eigenvalue weighted by molar-refractivity contribution is 6.08. The quantitative estimate of drug-likeness (QED) is 0.749. The Morgan fingerprint density at radius 3 is 2.40 bits per heavy atom. The fourth-order valence-corrected chi connectivity index (χ4v) is 2.95. The summed E-state index contributed by atoms with van der Waals surface area (Å²) in [4.78, 5) is 23.8. The summed E-state index contributed by atoms with van der Waals surface area (Å²) in [6.07, 6.45) is 1.60. The second-order valence-electron chi connectivity index (χ2n) is 5.86. The van der Waals surface area contributed by atoms with Gasteiger partial charge in [0.2, 0.25) is 5.91 Å². The van der Waals surface area contributed by atoms with Crippen LogP contribution in [0.1, 0.15) is 18.0 Å². The molecule has 1 amide bonds. The molecule has 1 N–H and O–H groups in total. The molecule has 1 aliphatic rings. The first kappa shape index (κ1) is 15.3. The number of hydrogen-bond donors (Lipinski definition) is 1. The van der Waals surface area contributed by atoms with Crippen LogP contribution in [-0.2, 0) is 9.59 Å². The van der Waals surface area contributed by atoms with Crippen LogP contribution < -0.4 is 5.32 Å². The molecular formula is C19H14FN3O2. The summed E-state index contributed by atoms with van der Waals surface area (Å²) in [5, 5.41) is 7.27. The van der Waals surface area contributed by atoms with Crippen molar-refractivity contribution in [1.29, 1.82) is 0 Å². The van der Waals surface area contributed by atoms with E-state index in [2.05, 4.69) is 10.4 Å². The van der Waals surface area contributed by atoms with Gasteiger partial charge in [-0.1, -0.05) is 18.2 Å². The molecule has 0 radical (unpaired) electrons. The van der Waals surface area contributed by atoms with E-state index < -0.39 is 6.04 Å². The van der Waals surface area contributed by atoms with Crippen LogP contribution in [0, 0.1) is 5.82 Å². The van der Waals surface area contributed by atoms with Gasteiger partial charge in [0.15, 0.2) is 5.78 Å². The molecule has 2 aromatic carbocycles. The van der Waals surface area contributed by atoms with Crippen molar-refractivity contribution in [2.75, 3.05) is 0 Å². The Kier molecular flexibility index (Phi) is 3.65. The maximum absolute atomic E-state index is 13.3. The van der Waals surface area contributed by atoms with Gasteiger partial charge in [0.25, 0.3) is 0 Å². The summed E-state index contributed by atoms with van der Waals surface area (Å²) in [6, 6.07) is 14.6. The molecule has 1 atom stereocenters. The lowest BCUT2D eigenvalue weighted by Crippen LogP contribution is -2.20. The van der Waals surface area contributed by atoms with Crippen molar-refractivity contribution in [2.24, 2.45) is 0 Å². The van der Waals surface area contributed by atoms with E-state index in [9.17, 15) is 14.0 Å². The number of nitrogens with zero attached hydrogens (tertiary/aromatic N) is 2. The van der Waals surface area contributed by atoms with Crippen molar-refractivity contribution in [2.45, 2.75) is 12.5 Å². The largest absolute Gasteiger partial charge is 0.342 e. The Labute approximate surface area is 143 Å². The number of benzene rings is 2. The Morgan fingerprint density at radius 1 is 1.04 bits per heavy atom. The first-order valence-corrected chi connectivity index (χ1v) is 7.85. The van der Waals surface area contributed by atoms with Crippen LogP contribution in [0.3, 0.4) is 0 Å². The number of amides is 1. The van der Waals surface area contributed by atoms with E-state index in [0.717, 1.165) is 5.69 Å². The number of carbonyl (C=O) groups excluding carboxylic acids is 2. The molecule has 1 aromatic heterocycles. The third-order valence-corrected chi connectivity index (χ3v) is 4.15. The van der Waals surface area contributed by atoms with Crippen molar-refractivity contribution in [1.82, 2.24) is 15.1 Å². The summed E-state index contributed by atoms with van der Waals surface area (Å²) in [7, 11) is 0. The molecule has 5 nitrogen and oxygen atoms in total. The van der Waals surface area contributed by atoms with Gasteiger partial charge in [0, 0.05) is 17.3 Å². The zero-order valence-corrected chi connectivity index (χ0v) is 13.1. The van der Waals surface area contributed by atoms with E-state index >= 15 is 0 Å². The van der Waals surface area contributed by atoms with E-state index in [1.807, 2.05) is 30.3 Å². The molecule has 4 rings (SSSR count). The monoisotopic (exact) mass is 335 g/mol. The number of para-hydroxylation sites is 1. The standard InChI is InChI=1S/C19H14FN3O2/c20-13-8-6-12(7-9-13)18-15(19-16(24)10-17(25)21-19)11-23(22-18)14-4-2-1-3-5-14/h1-9,11,19H,10H2,(H,21,25). The minimum absolute atomic E-state index is 0.135. The minimum Gasteiger partial charge on any atom is -0.342 e. The summed E-state index contributed by atoms with van der Waals surface area (Å²) in [5.41, 5.74) is 2.66. The van der Waals surface area contributed by atoms with Gasteiger partial charge in [-0.25, -0.2) is 9.07 Å².